The predicted molar refractivity (Wildman–Crippen MR) is 196 cm³/mol. The van der Waals surface area contributed by atoms with Crippen LogP contribution in [0.1, 0.15) is 159 Å². The third kappa shape index (κ3) is 9.87. The summed E-state index contributed by atoms with van der Waals surface area (Å²) in [6, 6.07) is 0. The average Bonchev–Trinajstić information content (AvgIpc) is 3.33. The Kier molecular flexibility index (Phi) is 15.9. The third-order valence-corrected chi connectivity index (χ3v) is 12.9. The zero-order chi connectivity index (χ0) is 33.3. The van der Waals surface area contributed by atoms with Crippen molar-refractivity contribution >= 4 is 11.8 Å². The Morgan fingerprint density at radius 2 is 1.70 bits per heavy atom. The van der Waals surface area contributed by atoms with Gasteiger partial charge in [0.25, 0.3) is 0 Å². The largest absolute Gasteiger partial charge is 0.335 e. The molecule has 46 heavy (non-hydrogen) atoms. The Morgan fingerprint density at radius 1 is 1.00 bits per heavy atom. The molecule has 0 aromatic heterocycles. The first-order valence-electron chi connectivity index (χ1n) is 18.7. The predicted octanol–water partition coefficient (Wildman–Crippen LogP) is 9.41. The highest BCUT2D eigenvalue weighted by molar-refractivity contribution is 5.88. The van der Waals surface area contributed by atoms with Crippen molar-refractivity contribution in [1.82, 2.24) is 10.6 Å². The van der Waals surface area contributed by atoms with Crippen LogP contribution in [-0.2, 0) is 9.59 Å². The van der Waals surface area contributed by atoms with Crippen LogP contribution in [0.3, 0.4) is 0 Å². The molecule has 4 fully saturated rings. The van der Waals surface area contributed by atoms with E-state index in [4.69, 9.17) is 12.2 Å². The second-order valence-electron chi connectivity index (χ2n) is 16.8. The lowest BCUT2D eigenvalue weighted by molar-refractivity contribution is -0.131. The summed E-state index contributed by atoms with van der Waals surface area (Å²) in [4.78, 5) is 25.3. The molecule has 7 unspecified atom stereocenters. The fourth-order valence-corrected chi connectivity index (χ4v) is 10.1. The second-order valence-corrected chi connectivity index (χ2v) is 16.8. The fourth-order valence-electron chi connectivity index (χ4n) is 10.1. The first kappa shape index (κ1) is 40.4. The Labute approximate surface area is 284 Å². The molecule has 2 amide bonds. The molecule has 264 valence electrons. The minimum absolute atomic E-state index is 0. The highest BCUT2D eigenvalue weighted by Gasteiger charge is 2.59. The molecule has 0 heterocycles. The van der Waals surface area contributed by atoms with Crippen LogP contribution >= 0.6 is 0 Å². The van der Waals surface area contributed by atoms with E-state index in [0.29, 0.717) is 16.7 Å². The van der Waals surface area contributed by atoms with Crippen LogP contribution in [0.25, 0.3) is 0 Å². The molecule has 4 rings (SSSR count). The maximum Gasteiger partial charge on any atom is 0.245 e. The minimum atomic E-state index is -0.540. The molecular formula is C41H73N3O2. The molecule has 8 atom stereocenters. The van der Waals surface area contributed by atoms with Crippen molar-refractivity contribution in [3.8, 4) is 12.3 Å². The average molecular weight is 640 g/mol. The van der Waals surface area contributed by atoms with Crippen molar-refractivity contribution < 1.29 is 9.59 Å². The second kappa shape index (κ2) is 18.1. The molecule has 4 saturated carbocycles. The van der Waals surface area contributed by atoms with Crippen LogP contribution in [-0.4, -0.2) is 24.5 Å². The molecule has 0 saturated heterocycles. The normalized spacial score (nSPS) is 32.5. The fraction of sp³-hybridized carbons (Fsp3) is 0.854. The molecule has 0 aromatic rings. The minimum Gasteiger partial charge on any atom is -0.335 e. The van der Waals surface area contributed by atoms with Gasteiger partial charge < -0.3 is 16.4 Å². The number of nitrogens with one attached hydrogen (secondary N) is 2. The zero-order valence-electron chi connectivity index (χ0n) is 30.2. The monoisotopic (exact) mass is 640 g/mol. The molecule has 5 heteroatoms. The van der Waals surface area contributed by atoms with Gasteiger partial charge in [-0.15, -0.1) is 12.3 Å². The van der Waals surface area contributed by atoms with Crippen molar-refractivity contribution in [3.63, 3.8) is 0 Å². The molecule has 4 N–H and O–H groups in total. The quantitative estimate of drug-likeness (QED) is 0.0861. The first-order valence-corrected chi connectivity index (χ1v) is 18.7. The van der Waals surface area contributed by atoms with Gasteiger partial charge in [0.15, 0.2) is 0 Å². The van der Waals surface area contributed by atoms with E-state index in [1.807, 2.05) is 19.9 Å². The van der Waals surface area contributed by atoms with E-state index in [-0.39, 0.29) is 25.7 Å². The number of hydrogen-bond acceptors (Lipinski definition) is 3. The number of rotatable bonds is 12. The molecule has 4 aliphatic carbocycles. The molecule has 4 aliphatic rings. The SMILES string of the molecule is C.C#CCC(NC(=O)/C=C/CCCC1CCC2C3CCC4CCCC[C@@]4(C)C3CCC12C)NC(=O)C(C)(C)CCC.CC(C)CN. The van der Waals surface area contributed by atoms with Crippen LogP contribution in [0.4, 0.5) is 0 Å². The lowest BCUT2D eigenvalue weighted by Gasteiger charge is -2.60. The van der Waals surface area contributed by atoms with E-state index in [1.165, 1.54) is 70.6 Å². The number of unbranched alkanes of at least 4 members (excludes halogenated alkanes) is 1. The van der Waals surface area contributed by atoms with Crippen molar-refractivity contribution in [2.45, 2.75) is 165 Å². The van der Waals surface area contributed by atoms with E-state index in [0.717, 1.165) is 61.8 Å². The Morgan fingerprint density at radius 3 is 2.35 bits per heavy atom. The van der Waals surface area contributed by atoms with Crippen LogP contribution < -0.4 is 16.4 Å². The van der Waals surface area contributed by atoms with E-state index in [2.05, 4.69) is 51.2 Å². The molecule has 0 bridgehead atoms. The van der Waals surface area contributed by atoms with Crippen LogP contribution in [0.15, 0.2) is 12.2 Å². The van der Waals surface area contributed by atoms with Gasteiger partial charge in [-0.2, -0.15) is 0 Å². The van der Waals surface area contributed by atoms with E-state index in [1.54, 1.807) is 6.08 Å². The molecule has 0 aromatic carbocycles. The Balaban J connectivity index is 0.00000114. The molecule has 0 aliphatic heterocycles. The third-order valence-electron chi connectivity index (χ3n) is 12.9. The Hall–Kier alpha value is -1.80. The van der Waals surface area contributed by atoms with Crippen molar-refractivity contribution in [2.24, 2.45) is 57.5 Å². The van der Waals surface area contributed by atoms with Gasteiger partial charge in [-0.3, -0.25) is 9.59 Å². The lowest BCUT2D eigenvalue weighted by Crippen LogP contribution is -2.52. The van der Waals surface area contributed by atoms with Gasteiger partial charge in [0, 0.05) is 11.8 Å². The summed E-state index contributed by atoms with van der Waals surface area (Å²) in [6.07, 6.45) is 28.6. The summed E-state index contributed by atoms with van der Waals surface area (Å²) >= 11 is 0. The summed E-state index contributed by atoms with van der Waals surface area (Å²) in [7, 11) is 0. The highest BCUT2D eigenvalue weighted by atomic mass is 16.2. The van der Waals surface area contributed by atoms with Gasteiger partial charge in [-0.25, -0.2) is 0 Å². The van der Waals surface area contributed by atoms with E-state index in [9.17, 15) is 9.59 Å². The van der Waals surface area contributed by atoms with Crippen molar-refractivity contribution in [3.05, 3.63) is 12.2 Å². The van der Waals surface area contributed by atoms with Crippen LogP contribution in [0.5, 0.6) is 0 Å². The summed E-state index contributed by atoms with van der Waals surface area (Å²) in [5.74, 6) is 7.69. The lowest BCUT2D eigenvalue weighted by atomic mass is 9.45. The van der Waals surface area contributed by atoms with Crippen LogP contribution in [0.2, 0.25) is 0 Å². The molecule has 0 spiro atoms. The first-order chi connectivity index (χ1) is 21.3. The zero-order valence-corrected chi connectivity index (χ0v) is 30.2. The summed E-state index contributed by atoms with van der Waals surface area (Å²) in [5.41, 5.74) is 5.83. The maximum atomic E-state index is 12.7. The topological polar surface area (TPSA) is 84.2 Å². The van der Waals surface area contributed by atoms with Gasteiger partial charge in [-0.1, -0.05) is 81.2 Å². The van der Waals surface area contributed by atoms with Crippen LogP contribution in [0, 0.1) is 64.1 Å². The number of allylic oxidation sites excluding steroid dienone is 1. The van der Waals surface area contributed by atoms with E-state index < -0.39 is 11.6 Å². The van der Waals surface area contributed by atoms with Gasteiger partial charge in [0.2, 0.25) is 11.8 Å². The van der Waals surface area contributed by atoms with Crippen molar-refractivity contribution in [2.75, 3.05) is 6.54 Å². The molecule has 5 nitrogen and oxygen atoms in total. The standard InChI is InChI=1S/C36H58N2O2.C4H11N.CH4/c1-7-14-31(38-33(40)34(3,4)23-8-2)37-32(39)17-11-9-10-15-27-19-21-29-28-20-18-26-16-12-13-24-35(26,5)30(28)22-25-36(27,29)6;1-4(2)3-5;/h1,11,17,26-31H,8-10,12-16,18-25H2,2-6H3,(H,37,39)(H,38,40);4H,3,5H2,1-2H3;1H4/b17-11+;;/t26?,27?,28?,29?,30?,31?,35-,36?;;/m1../s1. The van der Waals surface area contributed by atoms with Gasteiger partial charge in [0.05, 0.1) is 0 Å². The number of carbonyl (C=O) groups excluding carboxylic acids is 2. The maximum absolute atomic E-state index is 12.7. The number of carbonyl (C=O) groups is 2. The number of nitrogens with two attached hydrogens (primary N) is 1. The number of terminal acetylenes is 1. The highest BCUT2D eigenvalue weighted by Crippen LogP contribution is 2.67. The summed E-state index contributed by atoms with van der Waals surface area (Å²) < 4.78 is 0. The van der Waals surface area contributed by atoms with Gasteiger partial charge >= 0.3 is 0 Å². The van der Waals surface area contributed by atoms with Gasteiger partial charge in [-0.05, 0) is 136 Å². The number of fused-ring (bicyclic) bond motifs is 5. The number of amides is 2. The number of hydrogen-bond donors (Lipinski definition) is 3. The summed E-state index contributed by atoms with van der Waals surface area (Å²) in [6.45, 7) is 16.3. The molecule has 0 radical (unpaired) electrons. The van der Waals surface area contributed by atoms with Gasteiger partial charge in [0.1, 0.15) is 6.17 Å². The Bertz CT molecular complexity index is 1030. The smallest absolute Gasteiger partial charge is 0.245 e. The summed E-state index contributed by atoms with van der Waals surface area (Å²) in [5, 5.41) is 5.82. The van der Waals surface area contributed by atoms with Crippen molar-refractivity contribution in [1.29, 1.82) is 0 Å². The molecular weight excluding hydrogens is 566 g/mol. The van der Waals surface area contributed by atoms with E-state index >= 15 is 0 Å².